The van der Waals surface area contributed by atoms with Gasteiger partial charge in [0.05, 0.1) is 19.1 Å². The summed E-state index contributed by atoms with van der Waals surface area (Å²) in [7, 11) is 3.35. The first kappa shape index (κ1) is 16.4. The van der Waals surface area contributed by atoms with Crippen LogP contribution in [0.1, 0.15) is 12.5 Å². The lowest BCUT2D eigenvalue weighted by Gasteiger charge is -2.15. The van der Waals surface area contributed by atoms with Gasteiger partial charge in [0.15, 0.2) is 0 Å². The molecule has 0 aromatic heterocycles. The molecular weight excluding hydrogens is 258 g/mol. The summed E-state index contributed by atoms with van der Waals surface area (Å²) < 4.78 is 10.7. The second-order valence-electron chi connectivity index (χ2n) is 3.70. The van der Waals surface area contributed by atoms with Crippen molar-refractivity contribution in [1.29, 1.82) is 0 Å². The molecule has 0 aliphatic carbocycles. The molecule has 0 amide bonds. The lowest BCUT2D eigenvalue weighted by atomic mass is 10.1. The Bertz CT molecular complexity index is 359. The van der Waals surface area contributed by atoms with Gasteiger partial charge < -0.3 is 15.2 Å². The summed E-state index contributed by atoms with van der Waals surface area (Å²) in [6.07, 6.45) is 2.80. The average molecular weight is 278 g/mol. The fraction of sp³-hybridized carbons (Fsp3) is 0.500. The van der Waals surface area contributed by atoms with Crippen LogP contribution in [-0.4, -0.2) is 26.5 Å². The third-order valence-corrected chi connectivity index (χ3v) is 3.09. The van der Waals surface area contributed by atoms with Crippen molar-refractivity contribution in [1.82, 2.24) is 0 Å². The first-order chi connectivity index (χ1) is 7.62. The smallest absolute Gasteiger partial charge is 0.132 e. The van der Waals surface area contributed by atoms with Crippen molar-refractivity contribution in [2.24, 2.45) is 5.73 Å². The fourth-order valence-electron chi connectivity index (χ4n) is 1.60. The van der Waals surface area contributed by atoms with Crippen molar-refractivity contribution in [3.63, 3.8) is 0 Å². The molecule has 0 heterocycles. The van der Waals surface area contributed by atoms with Gasteiger partial charge in [-0.25, -0.2) is 0 Å². The Labute approximate surface area is 113 Å². The number of halogens is 1. The maximum Gasteiger partial charge on any atom is 0.132 e. The van der Waals surface area contributed by atoms with Gasteiger partial charge in [-0.15, -0.1) is 24.2 Å². The molecule has 0 aliphatic heterocycles. The van der Waals surface area contributed by atoms with Crippen LogP contribution in [0, 0.1) is 0 Å². The third kappa shape index (κ3) is 4.30. The second-order valence-corrected chi connectivity index (χ2v) is 4.55. The Balaban J connectivity index is 0.00000256. The fourth-order valence-corrected chi connectivity index (χ4v) is 2.17. The zero-order valence-corrected chi connectivity index (χ0v) is 12.3. The molecule has 0 radical (unpaired) electrons. The van der Waals surface area contributed by atoms with E-state index in [0.717, 1.165) is 28.4 Å². The minimum Gasteiger partial charge on any atom is -0.496 e. The number of thioether (sulfide) groups is 1. The number of hydrogen-bond acceptors (Lipinski definition) is 4. The predicted octanol–water partition coefficient (Wildman–Crippen LogP) is 2.74. The van der Waals surface area contributed by atoms with Crippen LogP contribution in [-0.2, 0) is 6.42 Å². The monoisotopic (exact) mass is 277 g/mol. The molecule has 0 spiro atoms. The number of ether oxygens (including phenoxy) is 2. The number of methoxy groups -OCH3 is 2. The van der Waals surface area contributed by atoms with Crippen molar-refractivity contribution in [3.05, 3.63) is 17.7 Å². The molecule has 0 fully saturated rings. The third-order valence-electron chi connectivity index (χ3n) is 2.33. The summed E-state index contributed by atoms with van der Waals surface area (Å²) in [5, 5.41) is 0. The Hall–Kier alpha value is -0.580. The van der Waals surface area contributed by atoms with Crippen molar-refractivity contribution in [2.75, 3.05) is 20.5 Å². The highest BCUT2D eigenvalue weighted by Crippen LogP contribution is 2.34. The van der Waals surface area contributed by atoms with E-state index < -0.39 is 0 Å². The summed E-state index contributed by atoms with van der Waals surface area (Å²) in [5.74, 6) is 1.76. The molecule has 1 atom stereocenters. The second kappa shape index (κ2) is 7.69. The van der Waals surface area contributed by atoms with Crippen molar-refractivity contribution in [2.45, 2.75) is 24.3 Å². The molecule has 0 aliphatic rings. The highest BCUT2D eigenvalue weighted by atomic mass is 35.5. The normalized spacial score (nSPS) is 11.6. The summed E-state index contributed by atoms with van der Waals surface area (Å²) in [4.78, 5) is 1.08. The van der Waals surface area contributed by atoms with Gasteiger partial charge in [-0.2, -0.15) is 0 Å². The van der Waals surface area contributed by atoms with Gasteiger partial charge >= 0.3 is 0 Å². The van der Waals surface area contributed by atoms with E-state index in [9.17, 15) is 0 Å². The molecule has 1 rings (SSSR count). The molecule has 98 valence electrons. The van der Waals surface area contributed by atoms with E-state index in [1.807, 2.05) is 25.3 Å². The molecule has 0 unspecified atom stereocenters. The molecule has 0 bridgehead atoms. The van der Waals surface area contributed by atoms with Crippen LogP contribution >= 0.6 is 24.2 Å². The van der Waals surface area contributed by atoms with E-state index in [1.54, 1.807) is 26.0 Å². The van der Waals surface area contributed by atoms with Crippen molar-refractivity contribution < 1.29 is 9.47 Å². The summed E-state index contributed by atoms with van der Waals surface area (Å²) in [5.41, 5.74) is 6.90. The van der Waals surface area contributed by atoms with Crippen LogP contribution in [0.25, 0.3) is 0 Å². The van der Waals surface area contributed by atoms with Crippen LogP contribution in [0.2, 0.25) is 0 Å². The predicted molar refractivity (Wildman–Crippen MR) is 75.9 cm³/mol. The summed E-state index contributed by atoms with van der Waals surface area (Å²) in [6, 6.07) is 4.12. The first-order valence-electron chi connectivity index (χ1n) is 5.16. The van der Waals surface area contributed by atoms with E-state index in [-0.39, 0.29) is 18.4 Å². The lowest BCUT2D eigenvalue weighted by Crippen LogP contribution is -2.18. The van der Waals surface area contributed by atoms with Crippen molar-refractivity contribution in [3.8, 4) is 11.5 Å². The van der Waals surface area contributed by atoms with Gasteiger partial charge in [-0.1, -0.05) is 0 Å². The summed E-state index contributed by atoms with van der Waals surface area (Å²) in [6.45, 7) is 1.98. The standard InChI is InChI=1S/C12H19NO2S.ClH/c1-8(13)5-9-6-11(15-3)12(16-4)7-10(9)14-2;/h6-8H,5,13H2,1-4H3;1H/t8-;/m1./s1. The summed E-state index contributed by atoms with van der Waals surface area (Å²) >= 11 is 1.64. The molecule has 0 saturated carbocycles. The van der Waals surface area contributed by atoms with Crippen LogP contribution in [0.3, 0.4) is 0 Å². The topological polar surface area (TPSA) is 44.5 Å². The number of benzene rings is 1. The van der Waals surface area contributed by atoms with E-state index in [1.165, 1.54) is 0 Å². The van der Waals surface area contributed by atoms with Crippen molar-refractivity contribution >= 4 is 24.2 Å². The van der Waals surface area contributed by atoms with Crippen LogP contribution in [0.15, 0.2) is 17.0 Å². The van der Waals surface area contributed by atoms with Gasteiger partial charge in [-0.05, 0) is 37.3 Å². The molecule has 1 aromatic rings. The van der Waals surface area contributed by atoms with Crippen LogP contribution in [0.4, 0.5) is 0 Å². The SMILES string of the molecule is COc1cc(SC)c(OC)cc1C[C@@H](C)N.Cl. The van der Waals surface area contributed by atoms with E-state index >= 15 is 0 Å². The molecule has 17 heavy (non-hydrogen) atoms. The first-order valence-corrected chi connectivity index (χ1v) is 6.39. The average Bonchev–Trinajstić information content (AvgIpc) is 2.27. The largest absolute Gasteiger partial charge is 0.496 e. The molecule has 2 N–H and O–H groups in total. The lowest BCUT2D eigenvalue weighted by molar-refractivity contribution is 0.389. The maximum absolute atomic E-state index is 5.81. The Morgan fingerprint density at radius 1 is 1.24 bits per heavy atom. The molecule has 1 aromatic carbocycles. The minimum absolute atomic E-state index is 0. The van der Waals surface area contributed by atoms with Gasteiger partial charge in [-0.3, -0.25) is 0 Å². The highest BCUT2D eigenvalue weighted by Gasteiger charge is 2.11. The van der Waals surface area contributed by atoms with E-state index in [4.69, 9.17) is 15.2 Å². The van der Waals surface area contributed by atoms with Gasteiger partial charge in [0.2, 0.25) is 0 Å². The molecular formula is C12H20ClNO2S. The Morgan fingerprint density at radius 2 is 1.82 bits per heavy atom. The van der Waals surface area contributed by atoms with Gasteiger partial charge in [0.1, 0.15) is 11.5 Å². The van der Waals surface area contributed by atoms with Crippen LogP contribution in [0.5, 0.6) is 11.5 Å². The Morgan fingerprint density at radius 3 is 2.24 bits per heavy atom. The molecule has 0 saturated heterocycles. The maximum atomic E-state index is 5.81. The van der Waals surface area contributed by atoms with Crippen LogP contribution < -0.4 is 15.2 Å². The zero-order chi connectivity index (χ0) is 12.1. The zero-order valence-electron chi connectivity index (χ0n) is 10.6. The number of hydrogen-bond donors (Lipinski definition) is 1. The Kier molecular flexibility index (Phi) is 7.43. The molecule has 5 heteroatoms. The van der Waals surface area contributed by atoms with Gasteiger partial charge in [0, 0.05) is 6.04 Å². The van der Waals surface area contributed by atoms with Gasteiger partial charge in [0.25, 0.3) is 0 Å². The van der Waals surface area contributed by atoms with E-state index in [0.29, 0.717) is 0 Å². The number of rotatable bonds is 5. The molecule has 3 nitrogen and oxygen atoms in total. The van der Waals surface area contributed by atoms with E-state index in [2.05, 4.69) is 0 Å². The highest BCUT2D eigenvalue weighted by molar-refractivity contribution is 7.98. The quantitative estimate of drug-likeness (QED) is 0.841. The number of nitrogens with two attached hydrogens (primary N) is 1. The minimum atomic E-state index is 0.